The van der Waals surface area contributed by atoms with E-state index in [9.17, 15) is 23.3 Å². The molecule has 3 atom stereocenters. The minimum Gasteiger partial charge on any atom is -0.431 e. The Morgan fingerprint density at radius 1 is 1.12 bits per heavy atom. The number of allylic oxidation sites excluding steroid dienone is 4. The summed E-state index contributed by atoms with van der Waals surface area (Å²) in [6, 6.07) is 6.87. The zero-order valence-electron chi connectivity index (χ0n) is 22.9. The van der Waals surface area contributed by atoms with E-state index >= 15 is 0 Å². The standard InChI is InChI=1S/C28H28N6O7S/c1-3-18-14-21(41-28(35)40-20-8-6-19(7-9-20)34(36)37)15-23(18)26-31-30-25-16-29-27-24(33(25)26)12-13-32(27)42(38,39)22-10-4-17(2)5-11-22/h4,6-10,12-13,16,18,21,23H,3,5,11,14-15H2,1-2H3/t18-,21+,23+/m1/s1. The number of carbonyl (C=O) groups excluding carboxylic acids is 1. The lowest BCUT2D eigenvalue weighted by molar-refractivity contribution is -0.384. The normalized spacial score (nSPS) is 20.9. The van der Waals surface area contributed by atoms with Crippen LogP contribution in [0.3, 0.4) is 0 Å². The molecule has 4 aromatic rings. The first-order valence-electron chi connectivity index (χ1n) is 13.6. The summed E-state index contributed by atoms with van der Waals surface area (Å²) in [6.45, 7) is 4.02. The highest BCUT2D eigenvalue weighted by molar-refractivity contribution is 7.94. The van der Waals surface area contributed by atoms with Crippen LogP contribution >= 0.6 is 0 Å². The number of ether oxygens (including phenoxy) is 2. The van der Waals surface area contributed by atoms with Gasteiger partial charge in [-0.15, -0.1) is 10.2 Å². The lowest BCUT2D eigenvalue weighted by Crippen LogP contribution is -2.18. The molecule has 1 saturated carbocycles. The summed E-state index contributed by atoms with van der Waals surface area (Å²) < 4.78 is 40.9. The van der Waals surface area contributed by atoms with Crippen molar-refractivity contribution >= 4 is 38.7 Å². The predicted octanol–water partition coefficient (Wildman–Crippen LogP) is 5.28. The van der Waals surface area contributed by atoms with Crippen LogP contribution in [0.2, 0.25) is 0 Å². The van der Waals surface area contributed by atoms with E-state index in [1.54, 1.807) is 12.1 Å². The van der Waals surface area contributed by atoms with Gasteiger partial charge in [-0.3, -0.25) is 14.5 Å². The molecule has 1 fully saturated rings. The SMILES string of the molecule is CC[C@@H]1C[C@H](OC(=O)Oc2ccc([N+](=O)[O-])cc2)C[C@@H]1c1nnc2cnc3c(ccn3S(=O)(=O)C3=CC=C(C)CC3)n12. The second-order valence-corrected chi connectivity index (χ2v) is 12.4. The number of non-ortho nitro benzene ring substituents is 1. The van der Waals surface area contributed by atoms with Crippen LogP contribution in [-0.2, 0) is 14.8 Å². The minimum absolute atomic E-state index is 0.115. The van der Waals surface area contributed by atoms with Crippen LogP contribution in [0.5, 0.6) is 5.75 Å². The van der Waals surface area contributed by atoms with E-state index in [2.05, 4.69) is 15.2 Å². The van der Waals surface area contributed by atoms with E-state index in [1.807, 2.05) is 24.3 Å². The number of rotatable bonds is 7. The summed E-state index contributed by atoms with van der Waals surface area (Å²) in [7, 11) is -3.81. The highest BCUT2D eigenvalue weighted by Gasteiger charge is 2.39. The van der Waals surface area contributed by atoms with Crippen LogP contribution in [0.4, 0.5) is 10.5 Å². The zero-order valence-corrected chi connectivity index (χ0v) is 23.7. The Hall–Kier alpha value is -4.59. The second kappa shape index (κ2) is 10.7. The average molecular weight is 593 g/mol. The number of fused-ring (bicyclic) bond motifs is 3. The molecule has 6 rings (SSSR count). The maximum absolute atomic E-state index is 13.5. The smallest absolute Gasteiger partial charge is 0.431 e. The van der Waals surface area contributed by atoms with Crippen LogP contribution in [0.15, 0.2) is 65.4 Å². The topological polar surface area (TPSA) is 161 Å². The van der Waals surface area contributed by atoms with Crippen molar-refractivity contribution in [3.8, 4) is 5.75 Å². The summed E-state index contributed by atoms with van der Waals surface area (Å²) >= 11 is 0. The van der Waals surface area contributed by atoms with Crippen molar-refractivity contribution in [3.05, 3.63) is 81.3 Å². The molecule has 0 amide bonds. The van der Waals surface area contributed by atoms with Crippen LogP contribution in [-0.4, -0.2) is 49.2 Å². The van der Waals surface area contributed by atoms with Gasteiger partial charge in [-0.2, -0.15) is 0 Å². The molecule has 3 aromatic heterocycles. The van der Waals surface area contributed by atoms with Crippen LogP contribution in [0.1, 0.15) is 57.7 Å². The molecule has 14 heteroatoms. The van der Waals surface area contributed by atoms with Gasteiger partial charge in [0.2, 0.25) is 0 Å². The van der Waals surface area contributed by atoms with Crippen molar-refractivity contribution < 1.29 is 27.6 Å². The van der Waals surface area contributed by atoms with E-state index in [0.29, 0.717) is 47.6 Å². The van der Waals surface area contributed by atoms with Gasteiger partial charge in [0.05, 0.1) is 21.5 Å². The molecule has 0 saturated heterocycles. The Bertz CT molecular complexity index is 1870. The van der Waals surface area contributed by atoms with Gasteiger partial charge in [-0.1, -0.05) is 25.0 Å². The second-order valence-electron chi connectivity index (χ2n) is 10.6. The quantitative estimate of drug-likeness (QED) is 0.119. The van der Waals surface area contributed by atoms with Gasteiger partial charge in [-0.25, -0.2) is 22.2 Å². The zero-order chi connectivity index (χ0) is 29.6. The summed E-state index contributed by atoms with van der Waals surface area (Å²) in [5.74, 6) is 0.776. The third kappa shape index (κ3) is 4.91. The number of aromatic nitrogens is 5. The monoisotopic (exact) mass is 592 g/mol. The Kier molecular flexibility index (Phi) is 7.01. The molecule has 3 heterocycles. The van der Waals surface area contributed by atoms with E-state index in [1.165, 1.54) is 40.6 Å². The van der Waals surface area contributed by atoms with E-state index in [4.69, 9.17) is 9.47 Å². The van der Waals surface area contributed by atoms with Gasteiger partial charge < -0.3 is 9.47 Å². The molecule has 0 unspecified atom stereocenters. The number of nitro benzene ring substituents is 1. The minimum atomic E-state index is -3.81. The maximum atomic E-state index is 13.5. The van der Waals surface area contributed by atoms with Crippen LogP contribution in [0.25, 0.3) is 16.8 Å². The summed E-state index contributed by atoms with van der Waals surface area (Å²) in [5, 5.41) is 19.6. The Morgan fingerprint density at radius 3 is 2.60 bits per heavy atom. The van der Waals surface area contributed by atoms with Gasteiger partial charge in [0.15, 0.2) is 11.3 Å². The molecule has 2 aliphatic carbocycles. The molecule has 218 valence electrons. The van der Waals surface area contributed by atoms with Gasteiger partial charge in [0.25, 0.3) is 15.7 Å². The van der Waals surface area contributed by atoms with Crippen molar-refractivity contribution in [2.45, 2.75) is 58.0 Å². The molecular formula is C28H28N6O7S. The molecule has 42 heavy (non-hydrogen) atoms. The highest BCUT2D eigenvalue weighted by atomic mass is 32.2. The molecule has 1 aromatic carbocycles. The van der Waals surface area contributed by atoms with E-state index < -0.39 is 27.2 Å². The number of benzene rings is 1. The molecule has 0 N–H and O–H groups in total. The summed E-state index contributed by atoms with van der Waals surface area (Å²) in [5.41, 5.74) is 2.34. The van der Waals surface area contributed by atoms with Gasteiger partial charge >= 0.3 is 6.16 Å². The Balaban J connectivity index is 1.26. The number of nitrogens with zero attached hydrogens (tertiary/aromatic N) is 6. The van der Waals surface area contributed by atoms with Crippen molar-refractivity contribution in [2.75, 3.05) is 0 Å². The number of carbonyl (C=O) groups is 1. The average Bonchev–Trinajstić information content (AvgIpc) is 3.69. The lowest BCUT2D eigenvalue weighted by atomic mass is 9.93. The number of hydrogen-bond acceptors (Lipinski definition) is 10. The third-order valence-corrected chi connectivity index (χ3v) is 9.81. The van der Waals surface area contributed by atoms with Gasteiger partial charge in [-0.05, 0) is 62.8 Å². The number of hydrogen-bond donors (Lipinski definition) is 0. The molecule has 2 aliphatic rings. The summed E-state index contributed by atoms with van der Waals surface area (Å²) in [6.07, 6.45) is 8.11. The summed E-state index contributed by atoms with van der Waals surface area (Å²) in [4.78, 5) is 27.6. The first-order valence-corrected chi connectivity index (χ1v) is 15.1. The van der Waals surface area contributed by atoms with Crippen molar-refractivity contribution in [1.29, 1.82) is 0 Å². The Labute approximate surface area is 240 Å². The van der Waals surface area contributed by atoms with Crippen molar-refractivity contribution in [3.63, 3.8) is 0 Å². The molecule has 0 aliphatic heterocycles. The van der Waals surface area contributed by atoms with E-state index in [0.717, 1.165) is 12.0 Å². The van der Waals surface area contributed by atoms with Crippen LogP contribution in [0, 0.1) is 16.0 Å². The van der Waals surface area contributed by atoms with Crippen molar-refractivity contribution in [1.82, 2.24) is 23.6 Å². The fraction of sp³-hybridized carbons (Fsp3) is 0.357. The molecule has 0 bridgehead atoms. The maximum Gasteiger partial charge on any atom is 0.514 e. The molecule has 0 spiro atoms. The number of nitro groups is 1. The highest BCUT2D eigenvalue weighted by Crippen LogP contribution is 2.43. The largest absolute Gasteiger partial charge is 0.514 e. The molecular weight excluding hydrogens is 564 g/mol. The van der Waals surface area contributed by atoms with Crippen LogP contribution < -0.4 is 4.74 Å². The Morgan fingerprint density at radius 2 is 1.90 bits per heavy atom. The van der Waals surface area contributed by atoms with Crippen molar-refractivity contribution in [2.24, 2.45) is 5.92 Å². The molecule has 0 radical (unpaired) electrons. The third-order valence-electron chi connectivity index (χ3n) is 7.99. The van der Waals surface area contributed by atoms with E-state index in [-0.39, 0.29) is 28.9 Å². The first kappa shape index (κ1) is 27.6. The fourth-order valence-electron chi connectivity index (χ4n) is 5.78. The lowest BCUT2D eigenvalue weighted by Gasteiger charge is -2.16. The molecule has 13 nitrogen and oxygen atoms in total. The predicted molar refractivity (Wildman–Crippen MR) is 151 cm³/mol. The van der Waals surface area contributed by atoms with Gasteiger partial charge in [0, 0.05) is 24.2 Å². The fourth-order valence-corrected chi connectivity index (χ4v) is 7.22. The first-order chi connectivity index (χ1) is 20.2. The van der Waals surface area contributed by atoms with Gasteiger partial charge in [0.1, 0.15) is 17.7 Å².